The number of carbonyl (C=O) groups is 1. The fourth-order valence-corrected chi connectivity index (χ4v) is 1.46. The molecule has 0 saturated carbocycles. The molecule has 0 heterocycles. The number of ether oxygens (including phenoxy) is 3. The summed E-state index contributed by atoms with van der Waals surface area (Å²) in [5.74, 6) is 0.287. The van der Waals surface area contributed by atoms with E-state index in [1.807, 2.05) is 0 Å². The maximum absolute atomic E-state index is 11.0. The summed E-state index contributed by atoms with van der Waals surface area (Å²) < 4.78 is 15.9. The molecule has 0 unspecified atom stereocenters. The van der Waals surface area contributed by atoms with E-state index in [0.717, 1.165) is 0 Å². The average molecular weight is 268 g/mol. The lowest BCUT2D eigenvalue weighted by Gasteiger charge is -2.11. The third kappa shape index (κ3) is 5.18. The van der Waals surface area contributed by atoms with Crippen molar-refractivity contribution in [1.82, 2.24) is 0 Å². The quantitative estimate of drug-likeness (QED) is 0.734. The van der Waals surface area contributed by atoms with Crippen LogP contribution < -0.4 is 9.47 Å². The number of benzene rings is 1. The first-order valence-corrected chi connectivity index (χ1v) is 6.16. The molecule has 0 atom stereocenters. The van der Waals surface area contributed by atoms with Crippen LogP contribution in [0.25, 0.3) is 0 Å². The van der Waals surface area contributed by atoms with E-state index in [0.29, 0.717) is 37.2 Å². The zero-order valence-electron chi connectivity index (χ0n) is 11.5. The van der Waals surface area contributed by atoms with Crippen LogP contribution in [-0.2, 0) is 4.74 Å². The number of methoxy groups -OCH3 is 1. The van der Waals surface area contributed by atoms with Crippen LogP contribution in [0.1, 0.15) is 24.2 Å². The van der Waals surface area contributed by atoms with E-state index in [1.54, 1.807) is 12.1 Å². The minimum absolute atomic E-state index is 0.115. The Balaban J connectivity index is 2.57. The molecule has 106 valence electrons. The highest BCUT2D eigenvalue weighted by molar-refractivity contribution is 5.91. The molecular weight excluding hydrogens is 248 g/mol. The van der Waals surface area contributed by atoms with E-state index < -0.39 is 5.97 Å². The monoisotopic (exact) mass is 268 g/mol. The summed E-state index contributed by atoms with van der Waals surface area (Å²) in [6, 6.07) is 4.61. The Morgan fingerprint density at radius 1 is 1.32 bits per heavy atom. The van der Waals surface area contributed by atoms with Gasteiger partial charge in [-0.15, -0.1) is 0 Å². The van der Waals surface area contributed by atoms with Crippen molar-refractivity contribution in [2.75, 3.05) is 26.9 Å². The van der Waals surface area contributed by atoms with E-state index >= 15 is 0 Å². The molecule has 5 nitrogen and oxygen atoms in total. The van der Waals surface area contributed by atoms with E-state index in [-0.39, 0.29) is 5.56 Å². The Hall–Kier alpha value is -1.75. The fraction of sp³-hybridized carbons (Fsp3) is 0.500. The van der Waals surface area contributed by atoms with Crippen molar-refractivity contribution in [3.8, 4) is 11.5 Å². The van der Waals surface area contributed by atoms with Gasteiger partial charge in [-0.05, 0) is 18.1 Å². The standard InChI is InChI=1S/C14H20O5/c1-10(2)9-18-6-7-19-13-8-11(17-3)4-5-12(13)14(15)16/h4-5,8,10H,6-7,9H2,1-3H3,(H,15,16). The van der Waals surface area contributed by atoms with Crippen molar-refractivity contribution in [3.05, 3.63) is 23.8 Å². The molecule has 0 bridgehead atoms. The molecule has 1 N–H and O–H groups in total. The van der Waals surface area contributed by atoms with Gasteiger partial charge in [-0.3, -0.25) is 0 Å². The van der Waals surface area contributed by atoms with Crippen LogP contribution in [-0.4, -0.2) is 38.0 Å². The van der Waals surface area contributed by atoms with Gasteiger partial charge in [0.1, 0.15) is 23.7 Å². The summed E-state index contributed by atoms with van der Waals surface area (Å²) >= 11 is 0. The first-order valence-electron chi connectivity index (χ1n) is 6.16. The van der Waals surface area contributed by atoms with Crippen molar-refractivity contribution < 1.29 is 24.1 Å². The molecule has 19 heavy (non-hydrogen) atoms. The molecule has 0 aliphatic rings. The second-order valence-corrected chi connectivity index (χ2v) is 4.48. The summed E-state index contributed by atoms with van der Waals surface area (Å²) in [7, 11) is 1.52. The fourth-order valence-electron chi connectivity index (χ4n) is 1.46. The van der Waals surface area contributed by atoms with Gasteiger partial charge >= 0.3 is 5.97 Å². The lowest BCUT2D eigenvalue weighted by Crippen LogP contribution is -2.12. The highest BCUT2D eigenvalue weighted by Crippen LogP contribution is 2.24. The molecule has 0 radical (unpaired) electrons. The van der Waals surface area contributed by atoms with E-state index in [9.17, 15) is 4.79 Å². The number of hydrogen-bond donors (Lipinski definition) is 1. The van der Waals surface area contributed by atoms with Crippen molar-refractivity contribution in [2.45, 2.75) is 13.8 Å². The number of aromatic carboxylic acids is 1. The van der Waals surface area contributed by atoms with Gasteiger partial charge in [0, 0.05) is 12.7 Å². The molecule has 0 saturated heterocycles. The summed E-state index contributed by atoms with van der Waals surface area (Å²) in [5.41, 5.74) is 0.115. The highest BCUT2D eigenvalue weighted by atomic mass is 16.5. The van der Waals surface area contributed by atoms with Gasteiger partial charge in [0.05, 0.1) is 13.7 Å². The van der Waals surface area contributed by atoms with Gasteiger partial charge in [-0.25, -0.2) is 4.79 Å². The van der Waals surface area contributed by atoms with Crippen molar-refractivity contribution in [3.63, 3.8) is 0 Å². The van der Waals surface area contributed by atoms with Crippen LogP contribution in [0.2, 0.25) is 0 Å². The van der Waals surface area contributed by atoms with Gasteiger partial charge in [-0.1, -0.05) is 13.8 Å². The highest BCUT2D eigenvalue weighted by Gasteiger charge is 2.12. The predicted molar refractivity (Wildman–Crippen MR) is 71.1 cm³/mol. The summed E-state index contributed by atoms with van der Waals surface area (Å²) in [6.45, 7) is 5.51. The van der Waals surface area contributed by atoms with E-state index in [2.05, 4.69) is 13.8 Å². The molecule has 0 amide bonds. The number of carboxylic acid groups (broad SMARTS) is 1. The van der Waals surface area contributed by atoms with Crippen LogP contribution >= 0.6 is 0 Å². The Bertz CT molecular complexity index is 414. The molecule has 1 aromatic rings. The minimum atomic E-state index is -1.03. The molecule has 0 aliphatic carbocycles. The number of hydrogen-bond acceptors (Lipinski definition) is 4. The van der Waals surface area contributed by atoms with Crippen LogP contribution in [0.5, 0.6) is 11.5 Å². The van der Waals surface area contributed by atoms with Gasteiger partial charge < -0.3 is 19.3 Å². The van der Waals surface area contributed by atoms with Crippen molar-refractivity contribution in [2.24, 2.45) is 5.92 Å². The summed E-state index contributed by atoms with van der Waals surface area (Å²) in [4.78, 5) is 11.0. The first-order chi connectivity index (χ1) is 9.04. The second kappa shape index (κ2) is 7.63. The summed E-state index contributed by atoms with van der Waals surface area (Å²) in [5, 5.41) is 9.05. The molecule has 1 rings (SSSR count). The van der Waals surface area contributed by atoms with Crippen LogP contribution in [0.15, 0.2) is 18.2 Å². The van der Waals surface area contributed by atoms with Crippen molar-refractivity contribution in [1.29, 1.82) is 0 Å². The topological polar surface area (TPSA) is 65.0 Å². The van der Waals surface area contributed by atoms with Crippen LogP contribution in [0.3, 0.4) is 0 Å². The molecule has 0 fully saturated rings. The zero-order chi connectivity index (χ0) is 14.3. The van der Waals surface area contributed by atoms with Gasteiger partial charge in [0.25, 0.3) is 0 Å². The van der Waals surface area contributed by atoms with Crippen LogP contribution in [0.4, 0.5) is 0 Å². The Morgan fingerprint density at radius 3 is 2.63 bits per heavy atom. The first kappa shape index (κ1) is 15.3. The Morgan fingerprint density at radius 2 is 2.05 bits per heavy atom. The normalized spacial score (nSPS) is 10.5. The van der Waals surface area contributed by atoms with Crippen molar-refractivity contribution >= 4 is 5.97 Å². The molecule has 0 aliphatic heterocycles. The maximum Gasteiger partial charge on any atom is 0.339 e. The van der Waals surface area contributed by atoms with Gasteiger partial charge in [0.2, 0.25) is 0 Å². The van der Waals surface area contributed by atoms with Gasteiger partial charge in [0.15, 0.2) is 0 Å². The molecule has 0 spiro atoms. The number of rotatable bonds is 8. The van der Waals surface area contributed by atoms with E-state index in [1.165, 1.54) is 13.2 Å². The molecular formula is C14H20O5. The third-order valence-electron chi connectivity index (χ3n) is 2.36. The predicted octanol–water partition coefficient (Wildman–Crippen LogP) is 2.44. The molecule has 0 aromatic heterocycles. The average Bonchev–Trinajstić information content (AvgIpc) is 2.37. The SMILES string of the molecule is COc1ccc(C(=O)O)c(OCCOCC(C)C)c1. The molecule has 5 heteroatoms. The third-order valence-corrected chi connectivity index (χ3v) is 2.36. The van der Waals surface area contributed by atoms with Gasteiger partial charge in [-0.2, -0.15) is 0 Å². The van der Waals surface area contributed by atoms with Crippen LogP contribution in [0, 0.1) is 5.92 Å². The largest absolute Gasteiger partial charge is 0.497 e. The maximum atomic E-state index is 11.0. The lowest BCUT2D eigenvalue weighted by molar-refractivity contribution is 0.0677. The zero-order valence-corrected chi connectivity index (χ0v) is 11.5. The number of carboxylic acids is 1. The Labute approximate surface area is 113 Å². The smallest absolute Gasteiger partial charge is 0.339 e. The Kier molecular flexibility index (Phi) is 6.15. The van der Waals surface area contributed by atoms with E-state index in [4.69, 9.17) is 19.3 Å². The minimum Gasteiger partial charge on any atom is -0.497 e. The molecule has 1 aromatic carbocycles. The lowest BCUT2D eigenvalue weighted by atomic mass is 10.2. The second-order valence-electron chi connectivity index (χ2n) is 4.48. The summed E-state index contributed by atoms with van der Waals surface area (Å²) in [6.07, 6.45) is 0.